The second-order valence-corrected chi connectivity index (χ2v) is 12.2. The SMILES string of the molecule is C[C@@H](CO)Cn1c(C(C)(C)CCOC[C@@H](O)CO)cc2cc(NC(=O)C3(c4ccc5c(c4)OC(F)(F)O5)CC3)c(F)cc21.[HH].[HH].[HH]. The monoisotopic (exact) mass is 612 g/mol. The Morgan fingerprint density at radius 3 is 2.53 bits per heavy atom. The topological polar surface area (TPSA) is 122 Å². The third-order valence-electron chi connectivity index (χ3n) is 8.27. The Hall–Kier alpha value is -3.32. The summed E-state index contributed by atoms with van der Waals surface area (Å²) in [5.41, 5.74) is 0.507. The summed E-state index contributed by atoms with van der Waals surface area (Å²) in [6.45, 7) is 6.23. The summed E-state index contributed by atoms with van der Waals surface area (Å²) < 4.78 is 59.1. The van der Waals surface area contributed by atoms with Crippen molar-refractivity contribution in [1.29, 1.82) is 0 Å². The minimum atomic E-state index is -3.77. The molecule has 2 heterocycles. The number of aliphatic hydroxyl groups excluding tert-OH is 3. The van der Waals surface area contributed by atoms with E-state index in [0.717, 1.165) is 5.69 Å². The van der Waals surface area contributed by atoms with E-state index in [2.05, 4.69) is 14.8 Å². The Labute approximate surface area is 251 Å². The van der Waals surface area contributed by atoms with Gasteiger partial charge in [-0.05, 0) is 55.0 Å². The van der Waals surface area contributed by atoms with Gasteiger partial charge in [-0.2, -0.15) is 0 Å². The first-order valence-corrected chi connectivity index (χ1v) is 14.3. The van der Waals surface area contributed by atoms with Crippen molar-refractivity contribution >= 4 is 22.5 Å². The number of fused-ring (bicyclic) bond motifs is 2. The Kier molecular flexibility index (Phi) is 8.42. The van der Waals surface area contributed by atoms with Gasteiger partial charge in [-0.1, -0.05) is 26.8 Å². The van der Waals surface area contributed by atoms with Crippen LogP contribution in [0.25, 0.3) is 10.9 Å². The summed E-state index contributed by atoms with van der Waals surface area (Å²) in [5.74, 6) is -1.47. The van der Waals surface area contributed by atoms with Crippen molar-refractivity contribution in [3.05, 3.63) is 53.5 Å². The summed E-state index contributed by atoms with van der Waals surface area (Å²) >= 11 is 0. The van der Waals surface area contributed by atoms with Gasteiger partial charge in [0.15, 0.2) is 11.5 Å². The lowest BCUT2D eigenvalue weighted by molar-refractivity contribution is -0.286. The number of carbonyl (C=O) groups excluding carboxylic acids is 1. The maximum absolute atomic E-state index is 15.6. The molecule has 12 heteroatoms. The second-order valence-electron chi connectivity index (χ2n) is 12.2. The van der Waals surface area contributed by atoms with E-state index in [1.807, 2.05) is 31.4 Å². The molecule has 5 rings (SSSR count). The average molecular weight is 613 g/mol. The van der Waals surface area contributed by atoms with E-state index < -0.39 is 41.6 Å². The highest BCUT2D eigenvalue weighted by atomic mass is 19.3. The second kappa shape index (κ2) is 11.6. The number of hydrogen-bond donors (Lipinski definition) is 4. The zero-order chi connectivity index (χ0) is 31.2. The molecule has 1 aliphatic carbocycles. The van der Waals surface area contributed by atoms with Crippen molar-refractivity contribution in [3.63, 3.8) is 0 Å². The highest BCUT2D eigenvalue weighted by Gasteiger charge is 2.53. The lowest BCUT2D eigenvalue weighted by atomic mass is 9.85. The highest BCUT2D eigenvalue weighted by molar-refractivity contribution is 6.03. The summed E-state index contributed by atoms with van der Waals surface area (Å²) in [6, 6.07) is 9.12. The number of hydrogen-bond acceptors (Lipinski definition) is 7. The van der Waals surface area contributed by atoms with Gasteiger partial charge in [-0.25, -0.2) is 4.39 Å². The number of amides is 1. The lowest BCUT2D eigenvalue weighted by Crippen LogP contribution is -2.28. The molecule has 4 N–H and O–H groups in total. The van der Waals surface area contributed by atoms with Crippen molar-refractivity contribution < 1.29 is 51.8 Å². The molecular weight excluding hydrogens is 569 g/mol. The quantitative estimate of drug-likeness (QED) is 0.196. The molecule has 3 aromatic rings. The van der Waals surface area contributed by atoms with Crippen molar-refractivity contribution in [2.45, 2.75) is 69.8 Å². The predicted molar refractivity (Wildman–Crippen MR) is 158 cm³/mol. The normalized spacial score (nSPS) is 18.1. The molecule has 0 bridgehead atoms. The molecular formula is C31H43F3N2O7. The summed E-state index contributed by atoms with van der Waals surface area (Å²) in [5, 5.41) is 31.7. The number of halogens is 3. The van der Waals surface area contributed by atoms with Gasteiger partial charge in [-0.15, -0.1) is 8.78 Å². The van der Waals surface area contributed by atoms with E-state index in [4.69, 9.17) is 9.84 Å². The van der Waals surface area contributed by atoms with Crippen LogP contribution in [-0.2, 0) is 26.9 Å². The maximum Gasteiger partial charge on any atom is 0.586 e. The number of alkyl halides is 2. The number of anilines is 1. The van der Waals surface area contributed by atoms with Crippen LogP contribution in [0.4, 0.5) is 18.9 Å². The van der Waals surface area contributed by atoms with Crippen LogP contribution in [0.1, 0.15) is 55.6 Å². The average Bonchev–Trinajstić information content (AvgIpc) is 3.61. The van der Waals surface area contributed by atoms with E-state index in [-0.39, 0.29) is 40.6 Å². The summed E-state index contributed by atoms with van der Waals surface area (Å²) in [7, 11) is 0. The van der Waals surface area contributed by atoms with Crippen molar-refractivity contribution in [2.75, 3.05) is 31.7 Å². The fourth-order valence-electron chi connectivity index (χ4n) is 5.49. The van der Waals surface area contributed by atoms with Gasteiger partial charge in [0.1, 0.15) is 11.9 Å². The van der Waals surface area contributed by atoms with Crippen LogP contribution in [0.3, 0.4) is 0 Å². The molecule has 1 saturated carbocycles. The number of benzene rings is 2. The van der Waals surface area contributed by atoms with Gasteiger partial charge in [0, 0.05) is 46.6 Å². The van der Waals surface area contributed by atoms with E-state index in [1.54, 1.807) is 12.1 Å². The van der Waals surface area contributed by atoms with E-state index >= 15 is 4.39 Å². The van der Waals surface area contributed by atoms with Crippen molar-refractivity contribution in [3.8, 4) is 11.5 Å². The zero-order valence-corrected chi connectivity index (χ0v) is 24.3. The third kappa shape index (κ3) is 6.33. The third-order valence-corrected chi connectivity index (χ3v) is 8.27. The van der Waals surface area contributed by atoms with Gasteiger partial charge < -0.3 is 39.4 Å². The summed E-state index contributed by atoms with van der Waals surface area (Å²) in [4.78, 5) is 13.5. The van der Waals surface area contributed by atoms with Gasteiger partial charge in [-0.3, -0.25) is 4.79 Å². The van der Waals surface area contributed by atoms with Crippen molar-refractivity contribution in [2.24, 2.45) is 5.92 Å². The Morgan fingerprint density at radius 1 is 1.14 bits per heavy atom. The molecule has 9 nitrogen and oxygen atoms in total. The van der Waals surface area contributed by atoms with Gasteiger partial charge in [0.2, 0.25) is 5.91 Å². The van der Waals surface area contributed by atoms with Crippen molar-refractivity contribution in [1.82, 2.24) is 4.57 Å². The zero-order valence-electron chi connectivity index (χ0n) is 24.3. The van der Waals surface area contributed by atoms with Gasteiger partial charge in [0.25, 0.3) is 0 Å². The fourth-order valence-corrected chi connectivity index (χ4v) is 5.49. The van der Waals surface area contributed by atoms with Crippen LogP contribution in [0.15, 0.2) is 36.4 Å². The van der Waals surface area contributed by atoms with Crippen LogP contribution < -0.4 is 14.8 Å². The predicted octanol–water partition coefficient (Wildman–Crippen LogP) is 5.18. The van der Waals surface area contributed by atoms with Crippen LogP contribution in [-0.4, -0.2) is 64.6 Å². The molecule has 1 amide bonds. The number of carbonyl (C=O) groups is 1. The number of ether oxygens (including phenoxy) is 3. The molecule has 0 radical (unpaired) electrons. The molecule has 240 valence electrons. The first-order valence-electron chi connectivity index (χ1n) is 14.3. The Balaban J connectivity index is 0.00000245. The first-order chi connectivity index (χ1) is 20.3. The number of nitrogens with one attached hydrogen (secondary N) is 1. The smallest absolute Gasteiger partial charge is 0.396 e. The molecule has 1 aliphatic heterocycles. The number of aliphatic hydroxyl groups is 3. The van der Waals surface area contributed by atoms with E-state index in [1.165, 1.54) is 18.2 Å². The van der Waals surface area contributed by atoms with Crippen LogP contribution in [0.2, 0.25) is 0 Å². The number of rotatable bonds is 13. The molecule has 1 fully saturated rings. The number of aromatic nitrogens is 1. The standard InChI is InChI=1S/C31H37F3N2O7.3H2/c1-18(15-37)14-36-24-13-22(32)23(10-19(24)11-27(36)29(2,3)8-9-41-17-21(39)16-38)35-28(40)30(6-7-30)20-4-5-25-26(12-20)43-31(33,34)42-25;;;/h4-5,10-13,18,21,37-39H,6-9,14-17H2,1-3H3,(H,35,40);3*1H/t18-,21+;;;/m1.../s1. The minimum Gasteiger partial charge on any atom is -0.396 e. The fraction of sp³-hybridized carbons (Fsp3) is 0.516. The minimum absolute atomic E-state index is 0. The van der Waals surface area contributed by atoms with Crippen LogP contribution in [0.5, 0.6) is 11.5 Å². The molecule has 0 unspecified atom stereocenters. The molecule has 1 aromatic heterocycles. The van der Waals surface area contributed by atoms with E-state index in [9.17, 15) is 23.8 Å². The van der Waals surface area contributed by atoms with Gasteiger partial charge in [0.05, 0.1) is 29.8 Å². The lowest BCUT2D eigenvalue weighted by Gasteiger charge is -2.28. The number of nitrogens with zero attached hydrogens (tertiary/aromatic N) is 1. The maximum atomic E-state index is 15.6. The Bertz CT molecular complexity index is 1520. The molecule has 0 saturated heterocycles. The van der Waals surface area contributed by atoms with Crippen LogP contribution >= 0.6 is 0 Å². The van der Waals surface area contributed by atoms with Gasteiger partial charge >= 0.3 is 6.29 Å². The van der Waals surface area contributed by atoms with E-state index in [0.29, 0.717) is 48.9 Å². The highest BCUT2D eigenvalue weighted by Crippen LogP contribution is 2.52. The largest absolute Gasteiger partial charge is 0.586 e. The summed E-state index contributed by atoms with van der Waals surface area (Å²) in [6.07, 6.45) is -3.24. The first kappa shape index (κ1) is 31.1. The Morgan fingerprint density at radius 2 is 1.86 bits per heavy atom. The molecule has 2 aliphatic rings. The molecule has 2 aromatic carbocycles. The van der Waals surface area contributed by atoms with Crippen LogP contribution in [0, 0.1) is 11.7 Å². The molecule has 0 spiro atoms. The molecule has 2 atom stereocenters. The molecule has 43 heavy (non-hydrogen) atoms.